The largest absolute Gasteiger partial charge is 0.294 e. The van der Waals surface area contributed by atoms with Crippen LogP contribution in [0.2, 0.25) is 0 Å². The first-order valence-corrected chi connectivity index (χ1v) is 7.12. The van der Waals surface area contributed by atoms with Crippen molar-refractivity contribution in [1.82, 2.24) is 4.72 Å². The number of rotatable bonds is 6. The van der Waals surface area contributed by atoms with Crippen LogP contribution in [-0.4, -0.2) is 20.7 Å². The molecule has 0 aliphatic heterocycles. The van der Waals surface area contributed by atoms with E-state index in [4.69, 9.17) is 0 Å². The highest BCUT2D eigenvalue weighted by Crippen LogP contribution is 2.12. The highest BCUT2D eigenvalue weighted by atomic mass is 32.2. The minimum absolute atomic E-state index is 0.0578. The van der Waals surface area contributed by atoms with Crippen molar-refractivity contribution in [2.45, 2.75) is 31.6 Å². The fourth-order valence-electron chi connectivity index (χ4n) is 1.36. The van der Waals surface area contributed by atoms with Gasteiger partial charge in [0.05, 0.1) is 4.90 Å². The Labute approximate surface area is 102 Å². The molecule has 0 heterocycles. The molecule has 0 aromatic heterocycles. The van der Waals surface area contributed by atoms with Gasteiger partial charge in [-0.15, -0.1) is 0 Å². The van der Waals surface area contributed by atoms with Crippen LogP contribution in [-0.2, 0) is 10.0 Å². The minimum Gasteiger partial charge on any atom is -0.294 e. The van der Waals surface area contributed by atoms with Crippen molar-refractivity contribution < 1.29 is 13.2 Å². The molecule has 4 nitrogen and oxygen atoms in total. The van der Waals surface area contributed by atoms with Crippen molar-refractivity contribution in [3.05, 3.63) is 29.8 Å². The summed E-state index contributed by atoms with van der Waals surface area (Å²) in [7, 11) is -3.49. The third-order valence-electron chi connectivity index (χ3n) is 2.33. The lowest BCUT2D eigenvalue weighted by atomic mass is 10.1. The van der Waals surface area contributed by atoms with Gasteiger partial charge in [-0.2, -0.15) is 0 Å². The Morgan fingerprint density at radius 1 is 1.29 bits per heavy atom. The molecule has 17 heavy (non-hydrogen) atoms. The van der Waals surface area contributed by atoms with Crippen LogP contribution in [0, 0.1) is 0 Å². The van der Waals surface area contributed by atoms with Crippen LogP contribution in [0.4, 0.5) is 0 Å². The van der Waals surface area contributed by atoms with Crippen molar-refractivity contribution >= 4 is 15.8 Å². The second-order valence-corrected chi connectivity index (χ2v) is 5.47. The summed E-state index contributed by atoms with van der Waals surface area (Å²) in [4.78, 5) is 11.6. The average Bonchev–Trinajstić information content (AvgIpc) is 2.35. The van der Waals surface area contributed by atoms with Gasteiger partial charge >= 0.3 is 0 Å². The van der Waals surface area contributed by atoms with Gasteiger partial charge in [0.25, 0.3) is 0 Å². The topological polar surface area (TPSA) is 63.2 Å². The zero-order valence-corrected chi connectivity index (χ0v) is 10.9. The van der Waals surface area contributed by atoms with Crippen LogP contribution >= 0.6 is 0 Å². The summed E-state index contributed by atoms with van der Waals surface area (Å²) in [6.45, 7) is 4.03. The van der Waals surface area contributed by atoms with E-state index >= 15 is 0 Å². The normalized spacial score (nSPS) is 11.4. The number of hydrogen-bond acceptors (Lipinski definition) is 3. The van der Waals surface area contributed by atoms with Crippen molar-refractivity contribution in [3.8, 4) is 0 Å². The van der Waals surface area contributed by atoms with Crippen molar-refractivity contribution in [1.29, 1.82) is 0 Å². The highest BCUT2D eigenvalue weighted by molar-refractivity contribution is 7.89. The van der Waals surface area contributed by atoms with Gasteiger partial charge in [0.15, 0.2) is 5.78 Å². The van der Waals surface area contributed by atoms with E-state index in [9.17, 15) is 13.2 Å². The number of Topliss-reactive ketones (excluding diaryl/α,β-unsaturated/α-hetero) is 1. The monoisotopic (exact) mass is 255 g/mol. The van der Waals surface area contributed by atoms with Gasteiger partial charge < -0.3 is 0 Å². The van der Waals surface area contributed by atoms with Crippen molar-refractivity contribution in [2.75, 3.05) is 6.54 Å². The third-order valence-corrected chi connectivity index (χ3v) is 3.79. The van der Waals surface area contributed by atoms with E-state index in [1.165, 1.54) is 12.1 Å². The highest BCUT2D eigenvalue weighted by Gasteiger charge is 2.14. The SMILES string of the molecule is CCCNS(=O)(=O)c1cccc(C(=O)CC)c1. The van der Waals surface area contributed by atoms with Crippen LogP contribution in [0.15, 0.2) is 29.2 Å². The molecule has 0 fully saturated rings. The lowest BCUT2D eigenvalue weighted by Crippen LogP contribution is -2.24. The lowest BCUT2D eigenvalue weighted by molar-refractivity contribution is 0.0988. The zero-order chi connectivity index (χ0) is 12.9. The number of ketones is 1. The van der Waals surface area contributed by atoms with Gasteiger partial charge in [0.1, 0.15) is 0 Å². The fraction of sp³-hybridized carbons (Fsp3) is 0.417. The van der Waals surface area contributed by atoms with Crippen LogP contribution < -0.4 is 4.72 Å². The molecule has 0 saturated heterocycles. The molecular weight excluding hydrogens is 238 g/mol. The molecule has 1 aromatic carbocycles. The molecule has 1 N–H and O–H groups in total. The van der Waals surface area contributed by atoms with Gasteiger partial charge in [0.2, 0.25) is 10.0 Å². The predicted molar refractivity (Wildman–Crippen MR) is 66.5 cm³/mol. The van der Waals surface area contributed by atoms with Gasteiger partial charge in [-0.05, 0) is 18.6 Å². The first-order chi connectivity index (χ1) is 8.01. The Morgan fingerprint density at radius 2 is 2.00 bits per heavy atom. The fourth-order valence-corrected chi connectivity index (χ4v) is 2.54. The van der Waals surface area contributed by atoms with Crippen molar-refractivity contribution in [3.63, 3.8) is 0 Å². The average molecular weight is 255 g/mol. The molecule has 94 valence electrons. The Hall–Kier alpha value is -1.20. The summed E-state index contributed by atoms with van der Waals surface area (Å²) < 4.78 is 26.1. The molecule has 5 heteroatoms. The Kier molecular flexibility index (Phi) is 4.84. The molecule has 0 radical (unpaired) electrons. The van der Waals surface area contributed by atoms with E-state index < -0.39 is 10.0 Å². The third kappa shape index (κ3) is 3.64. The van der Waals surface area contributed by atoms with Crippen LogP contribution in [0.5, 0.6) is 0 Å². The maximum atomic E-state index is 11.8. The molecule has 0 spiro atoms. The van der Waals surface area contributed by atoms with E-state index in [1.54, 1.807) is 19.1 Å². The Balaban J connectivity index is 3.03. The van der Waals surface area contributed by atoms with Crippen molar-refractivity contribution in [2.24, 2.45) is 0 Å². The van der Waals surface area contributed by atoms with E-state index in [1.807, 2.05) is 6.92 Å². The van der Waals surface area contributed by atoms with E-state index in [2.05, 4.69) is 4.72 Å². The summed E-state index contributed by atoms with van der Waals surface area (Å²) >= 11 is 0. The molecule has 0 aliphatic carbocycles. The maximum Gasteiger partial charge on any atom is 0.240 e. The molecule has 0 unspecified atom stereocenters. The molecule has 1 aromatic rings. The van der Waals surface area contributed by atoms with Gasteiger partial charge in [-0.3, -0.25) is 4.79 Å². The minimum atomic E-state index is -3.49. The summed E-state index contributed by atoms with van der Waals surface area (Å²) in [5.41, 5.74) is 0.437. The second-order valence-electron chi connectivity index (χ2n) is 3.70. The number of sulfonamides is 1. The zero-order valence-electron chi connectivity index (χ0n) is 10.1. The van der Waals surface area contributed by atoms with Crippen LogP contribution in [0.1, 0.15) is 37.0 Å². The molecule has 0 bridgehead atoms. The molecule has 0 amide bonds. The number of hydrogen-bond donors (Lipinski definition) is 1. The molecule has 1 rings (SSSR count). The molecular formula is C12H17NO3S. The molecule has 0 saturated carbocycles. The number of benzene rings is 1. The summed E-state index contributed by atoms with van der Waals surface area (Å²) in [6, 6.07) is 6.13. The standard InChI is InChI=1S/C12H17NO3S/c1-3-8-13-17(15,16)11-7-5-6-10(9-11)12(14)4-2/h5-7,9,13H,3-4,8H2,1-2H3. The van der Waals surface area contributed by atoms with Gasteiger partial charge in [-0.1, -0.05) is 26.0 Å². The maximum absolute atomic E-state index is 11.8. The van der Waals surface area contributed by atoms with E-state index in [0.717, 1.165) is 6.42 Å². The van der Waals surface area contributed by atoms with Crippen LogP contribution in [0.25, 0.3) is 0 Å². The molecule has 0 aliphatic rings. The lowest BCUT2D eigenvalue weighted by Gasteiger charge is -2.06. The van der Waals surface area contributed by atoms with Crippen LogP contribution in [0.3, 0.4) is 0 Å². The van der Waals surface area contributed by atoms with Gasteiger partial charge in [-0.25, -0.2) is 13.1 Å². The number of carbonyl (C=O) groups is 1. The first-order valence-electron chi connectivity index (χ1n) is 5.64. The smallest absolute Gasteiger partial charge is 0.240 e. The quantitative estimate of drug-likeness (QED) is 0.790. The van der Waals surface area contributed by atoms with E-state index in [0.29, 0.717) is 18.5 Å². The predicted octanol–water partition coefficient (Wildman–Crippen LogP) is 1.97. The Morgan fingerprint density at radius 3 is 2.59 bits per heavy atom. The number of carbonyl (C=O) groups excluding carboxylic acids is 1. The summed E-state index contributed by atoms with van der Waals surface area (Å²) in [6.07, 6.45) is 1.10. The second kappa shape index (κ2) is 5.93. The summed E-state index contributed by atoms with van der Waals surface area (Å²) in [5.74, 6) is -0.0578. The number of nitrogens with one attached hydrogen (secondary N) is 1. The van der Waals surface area contributed by atoms with Gasteiger partial charge in [0, 0.05) is 18.5 Å². The molecule has 0 atom stereocenters. The van der Waals surface area contributed by atoms with E-state index in [-0.39, 0.29) is 10.7 Å². The first kappa shape index (κ1) is 13.9. The summed E-state index contributed by atoms with van der Waals surface area (Å²) in [5, 5.41) is 0. The Bertz CT molecular complexity index is 494.